The number of methoxy groups -OCH3 is 1. The molecule has 10 heteroatoms. The fourth-order valence-corrected chi connectivity index (χ4v) is 6.09. The Bertz CT molecular complexity index is 1350. The molecule has 186 valence electrons. The smallest absolute Gasteiger partial charge is 0.215 e. The van der Waals surface area contributed by atoms with E-state index in [1.807, 2.05) is 18.2 Å². The number of hydrogen-bond donors (Lipinski definition) is 1. The van der Waals surface area contributed by atoms with Crippen molar-refractivity contribution >= 4 is 26.6 Å². The highest BCUT2D eigenvalue weighted by Crippen LogP contribution is 2.36. The Labute approximate surface area is 204 Å². The summed E-state index contributed by atoms with van der Waals surface area (Å²) in [5, 5.41) is 0.855. The minimum Gasteiger partial charge on any atom is -0.496 e. The Hall–Kier alpha value is -2.79. The molecule has 0 bridgehead atoms. The van der Waals surface area contributed by atoms with E-state index >= 15 is 0 Å². The summed E-state index contributed by atoms with van der Waals surface area (Å²) in [5.74, 6) is 0.355. The fraction of sp³-hybridized carbons (Fsp3) is 0.400. The van der Waals surface area contributed by atoms with Gasteiger partial charge in [0.25, 0.3) is 0 Å². The van der Waals surface area contributed by atoms with Crippen LogP contribution in [-0.2, 0) is 14.8 Å². The summed E-state index contributed by atoms with van der Waals surface area (Å²) >= 11 is 0. The number of ether oxygens (including phenoxy) is 2. The number of aromatic nitrogens is 2. The molecule has 5 rings (SSSR count). The van der Waals surface area contributed by atoms with Gasteiger partial charge in [0.15, 0.2) is 0 Å². The molecule has 0 spiro atoms. The zero-order valence-electron chi connectivity index (χ0n) is 19.7. The van der Waals surface area contributed by atoms with Crippen LogP contribution in [-0.4, -0.2) is 86.4 Å². The molecular formula is C25H29FN4O4S. The lowest BCUT2D eigenvalue weighted by Gasteiger charge is -2.29. The van der Waals surface area contributed by atoms with Crippen molar-refractivity contribution < 1.29 is 22.3 Å². The average molecular weight is 501 g/mol. The van der Waals surface area contributed by atoms with Crippen molar-refractivity contribution in [2.24, 2.45) is 0 Å². The molecule has 0 radical (unpaired) electrons. The van der Waals surface area contributed by atoms with Gasteiger partial charge in [-0.25, -0.2) is 17.8 Å². The van der Waals surface area contributed by atoms with Gasteiger partial charge in [0, 0.05) is 55.6 Å². The number of H-pyrrole nitrogens is 1. The standard InChI is InChI=1S/C25H29FN4O4S/c1-33-24-3-2-19(26)16-21(24)20-4-7-27-25-22(20)17-23(28-25)18-5-8-30(9-6-18)35(31,32)15-12-29-10-13-34-14-11-29/h2-5,7,16-17H,6,8-15H2,1H3,(H,27,28). The number of fused-ring (bicyclic) bond motifs is 1. The molecule has 1 fully saturated rings. The summed E-state index contributed by atoms with van der Waals surface area (Å²) in [6.45, 7) is 4.17. The van der Waals surface area contributed by atoms with Crippen LogP contribution in [0.2, 0.25) is 0 Å². The Balaban J connectivity index is 1.35. The first-order valence-electron chi connectivity index (χ1n) is 11.7. The highest BCUT2D eigenvalue weighted by Gasteiger charge is 2.26. The quantitative estimate of drug-likeness (QED) is 0.536. The van der Waals surface area contributed by atoms with Crippen molar-refractivity contribution in [2.45, 2.75) is 6.42 Å². The maximum atomic E-state index is 14.0. The number of aromatic amines is 1. The average Bonchev–Trinajstić information content (AvgIpc) is 3.33. The lowest BCUT2D eigenvalue weighted by atomic mass is 10.0. The normalized spacial score (nSPS) is 18.1. The largest absolute Gasteiger partial charge is 0.496 e. The number of sulfonamides is 1. The van der Waals surface area contributed by atoms with Gasteiger partial charge >= 0.3 is 0 Å². The molecule has 1 N–H and O–H groups in total. The number of rotatable bonds is 7. The van der Waals surface area contributed by atoms with Crippen molar-refractivity contribution in [3.05, 3.63) is 54.1 Å². The van der Waals surface area contributed by atoms with Crippen LogP contribution in [0.3, 0.4) is 0 Å². The molecule has 0 amide bonds. The van der Waals surface area contributed by atoms with Crippen LogP contribution in [0, 0.1) is 5.82 Å². The predicted molar refractivity (Wildman–Crippen MR) is 133 cm³/mol. The third kappa shape index (κ3) is 5.11. The van der Waals surface area contributed by atoms with Gasteiger partial charge in [-0.05, 0) is 47.9 Å². The molecule has 2 aliphatic heterocycles. The van der Waals surface area contributed by atoms with Crippen molar-refractivity contribution in [1.82, 2.24) is 19.2 Å². The third-order valence-corrected chi connectivity index (χ3v) is 8.48. The first-order valence-corrected chi connectivity index (χ1v) is 13.3. The van der Waals surface area contributed by atoms with Gasteiger partial charge in [0.05, 0.1) is 26.1 Å². The summed E-state index contributed by atoms with van der Waals surface area (Å²) in [6, 6.07) is 8.28. The van der Waals surface area contributed by atoms with E-state index in [1.165, 1.54) is 12.1 Å². The Morgan fingerprint density at radius 3 is 2.71 bits per heavy atom. The summed E-state index contributed by atoms with van der Waals surface area (Å²) in [6.07, 6.45) is 4.24. The molecule has 0 saturated carbocycles. The first kappa shape index (κ1) is 23.9. The number of hydrogen-bond acceptors (Lipinski definition) is 6. The van der Waals surface area contributed by atoms with Crippen LogP contribution >= 0.6 is 0 Å². The summed E-state index contributed by atoms with van der Waals surface area (Å²) < 4.78 is 52.1. The Morgan fingerprint density at radius 1 is 1.14 bits per heavy atom. The van der Waals surface area contributed by atoms with E-state index in [4.69, 9.17) is 9.47 Å². The molecule has 1 saturated heterocycles. The summed E-state index contributed by atoms with van der Waals surface area (Å²) in [4.78, 5) is 9.93. The highest BCUT2D eigenvalue weighted by atomic mass is 32.2. The van der Waals surface area contributed by atoms with E-state index in [9.17, 15) is 12.8 Å². The van der Waals surface area contributed by atoms with Gasteiger partial charge in [-0.15, -0.1) is 0 Å². The number of halogens is 1. The number of benzene rings is 1. The molecule has 8 nitrogen and oxygen atoms in total. The van der Waals surface area contributed by atoms with Gasteiger partial charge in [-0.3, -0.25) is 4.90 Å². The van der Waals surface area contributed by atoms with Crippen LogP contribution < -0.4 is 4.74 Å². The van der Waals surface area contributed by atoms with Gasteiger partial charge in [0.1, 0.15) is 17.2 Å². The molecule has 0 unspecified atom stereocenters. The second-order valence-electron chi connectivity index (χ2n) is 8.76. The van der Waals surface area contributed by atoms with Crippen LogP contribution in [0.25, 0.3) is 27.7 Å². The third-order valence-electron chi connectivity index (χ3n) is 6.66. The molecule has 0 atom stereocenters. The molecule has 0 aliphatic carbocycles. The maximum absolute atomic E-state index is 14.0. The number of morpholine rings is 1. The van der Waals surface area contributed by atoms with Crippen LogP contribution in [0.1, 0.15) is 12.1 Å². The monoisotopic (exact) mass is 500 g/mol. The van der Waals surface area contributed by atoms with Gasteiger partial charge < -0.3 is 14.5 Å². The summed E-state index contributed by atoms with van der Waals surface area (Å²) in [7, 11) is -1.77. The maximum Gasteiger partial charge on any atom is 0.215 e. The number of nitrogens with one attached hydrogen (secondary N) is 1. The first-order chi connectivity index (χ1) is 16.9. The number of nitrogens with zero attached hydrogens (tertiary/aromatic N) is 3. The van der Waals surface area contributed by atoms with E-state index in [0.717, 1.165) is 35.3 Å². The van der Waals surface area contributed by atoms with E-state index in [0.29, 0.717) is 56.2 Å². The van der Waals surface area contributed by atoms with Crippen molar-refractivity contribution in [3.8, 4) is 16.9 Å². The Morgan fingerprint density at radius 2 is 1.97 bits per heavy atom. The van der Waals surface area contributed by atoms with Crippen molar-refractivity contribution in [2.75, 3.05) is 58.8 Å². The zero-order chi connectivity index (χ0) is 24.4. The molecular weight excluding hydrogens is 471 g/mol. The van der Waals surface area contributed by atoms with Gasteiger partial charge in [-0.2, -0.15) is 4.31 Å². The summed E-state index contributed by atoms with van der Waals surface area (Å²) in [5.41, 5.74) is 4.09. The van der Waals surface area contributed by atoms with Crippen molar-refractivity contribution in [1.29, 1.82) is 0 Å². The molecule has 3 aromatic rings. The highest BCUT2D eigenvalue weighted by molar-refractivity contribution is 7.89. The SMILES string of the molecule is COc1ccc(F)cc1-c1ccnc2[nH]c(C3=CCN(S(=O)(=O)CCN4CCOCC4)CC3)cc12. The fourth-order valence-electron chi connectivity index (χ4n) is 4.67. The molecule has 4 heterocycles. The van der Waals surface area contributed by atoms with E-state index in [-0.39, 0.29) is 11.6 Å². The van der Waals surface area contributed by atoms with Gasteiger partial charge in [-0.1, -0.05) is 6.08 Å². The minimum atomic E-state index is -3.33. The zero-order valence-corrected chi connectivity index (χ0v) is 20.5. The van der Waals surface area contributed by atoms with Gasteiger partial charge in [0.2, 0.25) is 10.0 Å². The molecule has 2 aromatic heterocycles. The lowest BCUT2D eigenvalue weighted by molar-refractivity contribution is 0.0407. The van der Waals surface area contributed by atoms with Crippen molar-refractivity contribution in [3.63, 3.8) is 0 Å². The van der Waals surface area contributed by atoms with E-state index in [2.05, 4.69) is 14.9 Å². The molecule has 1 aromatic carbocycles. The minimum absolute atomic E-state index is 0.116. The van der Waals surface area contributed by atoms with E-state index < -0.39 is 10.0 Å². The molecule has 2 aliphatic rings. The number of pyridine rings is 1. The lowest BCUT2D eigenvalue weighted by Crippen LogP contribution is -2.43. The van der Waals surface area contributed by atoms with Crippen LogP contribution in [0.15, 0.2) is 42.6 Å². The second kappa shape index (κ2) is 10.1. The topological polar surface area (TPSA) is 87.8 Å². The Kier molecular flexibility index (Phi) is 6.88. The second-order valence-corrected chi connectivity index (χ2v) is 10.8. The van der Waals surface area contributed by atoms with Crippen LogP contribution in [0.5, 0.6) is 5.75 Å². The molecule has 35 heavy (non-hydrogen) atoms. The predicted octanol–water partition coefficient (Wildman–Crippen LogP) is 3.13. The van der Waals surface area contributed by atoms with E-state index in [1.54, 1.807) is 23.7 Å². The van der Waals surface area contributed by atoms with Crippen LogP contribution in [0.4, 0.5) is 4.39 Å².